The Morgan fingerprint density at radius 1 is 1.10 bits per heavy atom. The van der Waals surface area contributed by atoms with Gasteiger partial charge in [0.25, 0.3) is 0 Å². The molecule has 8 nitrogen and oxygen atoms in total. The van der Waals surface area contributed by atoms with Crippen molar-refractivity contribution in [2.45, 2.75) is 57.0 Å². The Labute approximate surface area is 240 Å². The van der Waals surface area contributed by atoms with E-state index in [0.717, 1.165) is 47.2 Å². The molecule has 5 rings (SSSR count). The van der Waals surface area contributed by atoms with Crippen molar-refractivity contribution >= 4 is 28.7 Å². The van der Waals surface area contributed by atoms with Crippen LogP contribution in [0.2, 0.25) is 0 Å². The molecule has 222 valence electrons. The monoisotopic (exact) mass is 583 g/mol. The maximum atomic E-state index is 13.9. The number of hydrogen-bond acceptors (Lipinski definition) is 5. The molecular formula is C31H32F3N3O5. The molecular weight excluding hydrogens is 551 g/mol. The van der Waals surface area contributed by atoms with Gasteiger partial charge in [0.05, 0.1) is 11.8 Å². The van der Waals surface area contributed by atoms with Crippen molar-refractivity contribution in [2.75, 3.05) is 6.54 Å². The molecule has 0 saturated carbocycles. The molecule has 2 aliphatic rings. The highest BCUT2D eigenvalue weighted by Crippen LogP contribution is 2.50. The fourth-order valence-electron chi connectivity index (χ4n) is 6.25. The van der Waals surface area contributed by atoms with E-state index in [1.165, 1.54) is 12.1 Å². The molecule has 1 aromatic heterocycles. The number of carboxylic acids is 1. The summed E-state index contributed by atoms with van der Waals surface area (Å²) in [4.78, 5) is 45.1. The van der Waals surface area contributed by atoms with E-state index < -0.39 is 53.3 Å². The molecule has 0 aliphatic carbocycles. The second-order valence-electron chi connectivity index (χ2n) is 10.8. The minimum atomic E-state index is -4.94. The number of nitrogens with one attached hydrogen (secondary N) is 2. The van der Waals surface area contributed by atoms with Crippen LogP contribution in [-0.2, 0) is 20.8 Å². The van der Waals surface area contributed by atoms with Crippen molar-refractivity contribution in [3.8, 4) is 5.75 Å². The molecule has 4 unspecified atom stereocenters. The number of H-pyrrole nitrogens is 1. The molecule has 2 aromatic carbocycles. The largest absolute Gasteiger partial charge is 0.573 e. The lowest BCUT2D eigenvalue weighted by atomic mass is 9.76. The number of amides is 2. The lowest BCUT2D eigenvalue weighted by Gasteiger charge is -2.31. The van der Waals surface area contributed by atoms with Crippen LogP contribution in [0.25, 0.3) is 10.9 Å². The van der Waals surface area contributed by atoms with Gasteiger partial charge in [-0.15, -0.1) is 13.2 Å². The highest BCUT2D eigenvalue weighted by Gasteiger charge is 2.68. The standard InChI is InChI=1S/C31H32F3N3O5/c1-2-3-4-5-6-9-15-37-27(38)24-25(28(37)39)30(29(40)41,17-20-18-35-23-14-8-7-13-22(20)23)36-26(24)19-11-10-12-21(16-19)42-31(32,33)34/h5-8,10-14,16,18,24-26,35-36H,2-4,9,15,17H2,1H3,(H,40,41)/b6-5+. The summed E-state index contributed by atoms with van der Waals surface area (Å²) < 4.78 is 43.0. The Hall–Kier alpha value is -4.12. The minimum absolute atomic E-state index is 0.0834. The van der Waals surface area contributed by atoms with Gasteiger partial charge in [0.2, 0.25) is 11.8 Å². The molecule has 11 heteroatoms. The van der Waals surface area contributed by atoms with Gasteiger partial charge in [-0.25, -0.2) is 0 Å². The number of likely N-dealkylation sites (tertiary alicyclic amines) is 1. The number of halogens is 3. The van der Waals surface area contributed by atoms with E-state index in [1.807, 2.05) is 36.4 Å². The van der Waals surface area contributed by atoms with Crippen LogP contribution in [0.5, 0.6) is 5.75 Å². The first kappa shape index (κ1) is 29.4. The zero-order chi connectivity index (χ0) is 30.1. The van der Waals surface area contributed by atoms with Crippen LogP contribution in [0.1, 0.15) is 49.8 Å². The van der Waals surface area contributed by atoms with Crippen molar-refractivity contribution < 1.29 is 37.4 Å². The van der Waals surface area contributed by atoms with E-state index in [2.05, 4.69) is 22.0 Å². The first-order valence-corrected chi connectivity index (χ1v) is 14.0. The van der Waals surface area contributed by atoms with E-state index in [9.17, 15) is 32.7 Å². The third-order valence-corrected chi connectivity index (χ3v) is 8.13. The van der Waals surface area contributed by atoms with Gasteiger partial charge in [-0.05, 0) is 42.2 Å². The van der Waals surface area contributed by atoms with Gasteiger partial charge < -0.3 is 14.8 Å². The molecule has 4 atom stereocenters. The highest BCUT2D eigenvalue weighted by molar-refractivity contribution is 6.09. The molecule has 3 aromatic rings. The summed E-state index contributed by atoms with van der Waals surface area (Å²) in [6.45, 7) is 2.16. The number of imide groups is 1. The van der Waals surface area contributed by atoms with Gasteiger partial charge in [-0.3, -0.25) is 24.6 Å². The SMILES string of the molecule is CCCC/C=C/CCN1C(=O)C2C(c3cccc(OC(F)(F)F)c3)NC(Cc3c[nH]c4ccccc34)(C(=O)O)C2C1=O. The predicted octanol–water partition coefficient (Wildman–Crippen LogP) is 5.51. The average molecular weight is 584 g/mol. The summed E-state index contributed by atoms with van der Waals surface area (Å²) in [5.41, 5.74) is -0.274. The number of rotatable bonds is 11. The van der Waals surface area contributed by atoms with Gasteiger partial charge in [-0.1, -0.05) is 62.2 Å². The molecule has 42 heavy (non-hydrogen) atoms. The Bertz CT molecular complexity index is 1520. The fraction of sp³-hybridized carbons (Fsp3) is 0.387. The number of aliphatic carboxylic acids is 1. The molecule has 0 radical (unpaired) electrons. The van der Waals surface area contributed by atoms with Crippen molar-refractivity contribution in [1.29, 1.82) is 0 Å². The molecule has 0 spiro atoms. The first-order chi connectivity index (χ1) is 20.1. The minimum Gasteiger partial charge on any atom is -0.480 e. The van der Waals surface area contributed by atoms with E-state index in [4.69, 9.17) is 0 Å². The smallest absolute Gasteiger partial charge is 0.480 e. The van der Waals surface area contributed by atoms with Crippen molar-refractivity contribution in [3.05, 3.63) is 78.0 Å². The van der Waals surface area contributed by atoms with Crippen LogP contribution in [0.3, 0.4) is 0 Å². The summed E-state index contributed by atoms with van der Waals surface area (Å²) in [6, 6.07) is 11.4. The lowest BCUT2D eigenvalue weighted by molar-refractivity contribution is -0.274. The van der Waals surface area contributed by atoms with Gasteiger partial charge in [0.1, 0.15) is 11.3 Å². The molecule has 3 heterocycles. The van der Waals surface area contributed by atoms with Crippen LogP contribution >= 0.6 is 0 Å². The van der Waals surface area contributed by atoms with Crippen LogP contribution < -0.4 is 10.1 Å². The normalized spacial score (nSPS) is 24.2. The number of carbonyl (C=O) groups excluding carboxylic acids is 2. The number of benzene rings is 2. The zero-order valence-corrected chi connectivity index (χ0v) is 23.0. The van der Waals surface area contributed by atoms with Crippen LogP contribution in [0.15, 0.2) is 66.9 Å². The predicted molar refractivity (Wildman–Crippen MR) is 148 cm³/mol. The number of aromatic amines is 1. The second-order valence-corrected chi connectivity index (χ2v) is 10.8. The maximum absolute atomic E-state index is 13.9. The first-order valence-electron chi connectivity index (χ1n) is 14.0. The fourth-order valence-corrected chi connectivity index (χ4v) is 6.25. The summed E-state index contributed by atoms with van der Waals surface area (Å²) in [5.74, 6) is -5.40. The highest BCUT2D eigenvalue weighted by atomic mass is 19.4. The number of hydrogen-bond donors (Lipinski definition) is 3. The van der Waals surface area contributed by atoms with Crippen LogP contribution in [0, 0.1) is 11.8 Å². The lowest BCUT2D eigenvalue weighted by Crippen LogP contribution is -2.57. The number of nitrogens with zero attached hydrogens (tertiary/aromatic N) is 1. The average Bonchev–Trinajstić information content (AvgIpc) is 3.58. The number of unbranched alkanes of at least 4 members (excludes halogenated alkanes) is 2. The van der Waals surface area contributed by atoms with Gasteiger partial charge in [-0.2, -0.15) is 0 Å². The third kappa shape index (κ3) is 5.53. The van der Waals surface area contributed by atoms with Gasteiger partial charge in [0.15, 0.2) is 0 Å². The molecule has 3 N–H and O–H groups in total. The van der Waals surface area contributed by atoms with Crippen molar-refractivity contribution in [2.24, 2.45) is 11.8 Å². The van der Waals surface area contributed by atoms with Gasteiger partial charge in [0, 0.05) is 36.1 Å². The molecule has 2 saturated heterocycles. The zero-order valence-electron chi connectivity index (χ0n) is 23.0. The molecule has 0 bridgehead atoms. The number of allylic oxidation sites excluding steroid dienone is 1. The number of aromatic nitrogens is 1. The number of fused-ring (bicyclic) bond motifs is 2. The maximum Gasteiger partial charge on any atom is 0.573 e. The molecule has 2 aliphatic heterocycles. The summed E-state index contributed by atoms with van der Waals surface area (Å²) >= 11 is 0. The number of para-hydroxylation sites is 1. The van der Waals surface area contributed by atoms with E-state index in [0.29, 0.717) is 12.0 Å². The van der Waals surface area contributed by atoms with Crippen molar-refractivity contribution in [1.82, 2.24) is 15.2 Å². The number of carbonyl (C=O) groups is 3. The molecule has 2 amide bonds. The summed E-state index contributed by atoms with van der Waals surface area (Å²) in [5, 5.41) is 14.5. The number of alkyl halides is 3. The third-order valence-electron chi connectivity index (χ3n) is 8.13. The number of ether oxygens (including phenoxy) is 1. The van der Waals surface area contributed by atoms with Gasteiger partial charge >= 0.3 is 12.3 Å². The van der Waals surface area contributed by atoms with Crippen LogP contribution in [-0.4, -0.2) is 51.2 Å². The topological polar surface area (TPSA) is 112 Å². The summed E-state index contributed by atoms with van der Waals surface area (Å²) in [6.07, 6.45) is 3.83. The van der Waals surface area contributed by atoms with Crippen molar-refractivity contribution in [3.63, 3.8) is 0 Å². The Morgan fingerprint density at radius 3 is 2.60 bits per heavy atom. The summed E-state index contributed by atoms with van der Waals surface area (Å²) in [7, 11) is 0. The van der Waals surface area contributed by atoms with E-state index >= 15 is 0 Å². The van der Waals surface area contributed by atoms with Crippen LogP contribution in [0.4, 0.5) is 13.2 Å². The molecule has 2 fully saturated rings. The Kier molecular flexibility index (Phi) is 8.14. The Morgan fingerprint density at radius 2 is 1.86 bits per heavy atom. The Balaban J connectivity index is 1.54. The number of carboxylic acid groups (broad SMARTS) is 1. The second kappa shape index (κ2) is 11.6. The van der Waals surface area contributed by atoms with E-state index in [1.54, 1.807) is 6.20 Å². The quantitative estimate of drug-likeness (QED) is 0.156. The van der Waals surface area contributed by atoms with E-state index in [-0.39, 0.29) is 18.5 Å².